The van der Waals surface area contributed by atoms with Gasteiger partial charge in [-0.25, -0.2) is 0 Å². The van der Waals surface area contributed by atoms with Gasteiger partial charge in [-0.2, -0.15) is 0 Å². The van der Waals surface area contributed by atoms with Crippen molar-refractivity contribution in [1.29, 1.82) is 0 Å². The average molecular weight is 267 g/mol. The highest BCUT2D eigenvalue weighted by atomic mass is 16.1. The third-order valence-corrected chi connectivity index (χ3v) is 4.03. The second-order valence-corrected chi connectivity index (χ2v) is 6.41. The first-order chi connectivity index (χ1) is 9.15. The summed E-state index contributed by atoms with van der Waals surface area (Å²) >= 11 is 0. The average Bonchev–Trinajstić information content (AvgIpc) is 3.19. The first kappa shape index (κ1) is 14.8. The maximum Gasteiger partial charge on any atom is 0.221 e. The lowest BCUT2D eigenvalue weighted by molar-refractivity contribution is -0.122. The van der Waals surface area contributed by atoms with E-state index in [1.807, 2.05) is 13.8 Å². The van der Waals surface area contributed by atoms with Gasteiger partial charge in [0.2, 0.25) is 5.91 Å². The molecule has 1 aliphatic carbocycles. The fourth-order valence-electron chi connectivity index (χ4n) is 2.91. The summed E-state index contributed by atoms with van der Waals surface area (Å²) in [7, 11) is 0. The van der Waals surface area contributed by atoms with Crippen molar-refractivity contribution in [3.8, 4) is 0 Å². The van der Waals surface area contributed by atoms with Crippen LogP contribution in [0.2, 0.25) is 0 Å². The minimum absolute atomic E-state index is 0.197. The minimum atomic E-state index is 0.197. The molecule has 1 aliphatic heterocycles. The van der Waals surface area contributed by atoms with Crippen LogP contribution in [-0.4, -0.2) is 49.1 Å². The third-order valence-electron chi connectivity index (χ3n) is 4.03. The van der Waals surface area contributed by atoms with Crippen LogP contribution in [0, 0.1) is 5.92 Å². The van der Waals surface area contributed by atoms with Crippen molar-refractivity contribution < 1.29 is 4.79 Å². The summed E-state index contributed by atoms with van der Waals surface area (Å²) in [5.41, 5.74) is 0. The zero-order valence-electron chi connectivity index (χ0n) is 12.5. The summed E-state index contributed by atoms with van der Waals surface area (Å²) in [4.78, 5) is 14.3. The molecule has 4 nitrogen and oxygen atoms in total. The molecule has 19 heavy (non-hydrogen) atoms. The summed E-state index contributed by atoms with van der Waals surface area (Å²) in [6.45, 7) is 8.47. The van der Waals surface area contributed by atoms with Crippen LogP contribution in [0.5, 0.6) is 0 Å². The van der Waals surface area contributed by atoms with Crippen LogP contribution in [-0.2, 0) is 4.79 Å². The lowest BCUT2D eigenvalue weighted by atomic mass is 9.99. The largest absolute Gasteiger partial charge is 0.354 e. The third kappa shape index (κ3) is 5.49. The van der Waals surface area contributed by atoms with Gasteiger partial charge in [-0.1, -0.05) is 0 Å². The standard InChI is InChI=1S/C15H29N3O/c1-12(2)17-15(19)7-9-18(14-5-6-14)11-13-4-3-8-16-10-13/h12-14,16H,3-11H2,1-2H3,(H,17,19). The summed E-state index contributed by atoms with van der Waals surface area (Å²) in [6.07, 6.45) is 5.94. The first-order valence-electron chi connectivity index (χ1n) is 7.89. The molecule has 4 heteroatoms. The molecule has 2 fully saturated rings. The Morgan fingerprint density at radius 3 is 2.74 bits per heavy atom. The smallest absolute Gasteiger partial charge is 0.221 e. The molecule has 2 rings (SSSR count). The number of hydrogen-bond acceptors (Lipinski definition) is 3. The van der Waals surface area contributed by atoms with Gasteiger partial charge in [0.05, 0.1) is 0 Å². The molecule has 0 aromatic carbocycles. The molecule has 1 saturated heterocycles. The Kier molecular flexibility index (Phi) is 5.64. The number of carbonyl (C=O) groups excluding carboxylic acids is 1. The maximum atomic E-state index is 11.7. The zero-order chi connectivity index (χ0) is 13.7. The molecule has 2 N–H and O–H groups in total. The van der Waals surface area contributed by atoms with E-state index in [1.54, 1.807) is 0 Å². The fraction of sp³-hybridized carbons (Fsp3) is 0.933. The molecule has 1 heterocycles. The second-order valence-electron chi connectivity index (χ2n) is 6.41. The van der Waals surface area contributed by atoms with E-state index in [-0.39, 0.29) is 11.9 Å². The van der Waals surface area contributed by atoms with Crippen molar-refractivity contribution in [2.45, 2.75) is 58.0 Å². The summed E-state index contributed by atoms with van der Waals surface area (Å²) in [5, 5.41) is 6.47. The molecule has 1 amide bonds. The van der Waals surface area contributed by atoms with E-state index in [1.165, 1.54) is 38.8 Å². The molecule has 0 bridgehead atoms. The molecule has 0 aromatic rings. The fourth-order valence-corrected chi connectivity index (χ4v) is 2.91. The van der Waals surface area contributed by atoms with Crippen molar-refractivity contribution in [3.05, 3.63) is 0 Å². The Labute approximate surface area is 117 Å². The van der Waals surface area contributed by atoms with Gasteiger partial charge in [0, 0.05) is 31.6 Å². The van der Waals surface area contributed by atoms with Crippen molar-refractivity contribution >= 4 is 5.91 Å². The Bertz CT molecular complexity index is 283. The van der Waals surface area contributed by atoms with Gasteiger partial charge in [-0.3, -0.25) is 9.69 Å². The topological polar surface area (TPSA) is 44.4 Å². The molecule has 0 spiro atoms. The normalized spacial score (nSPS) is 23.9. The van der Waals surface area contributed by atoms with Crippen LogP contribution in [0.4, 0.5) is 0 Å². The van der Waals surface area contributed by atoms with E-state index in [0.29, 0.717) is 6.42 Å². The Hall–Kier alpha value is -0.610. The summed E-state index contributed by atoms with van der Waals surface area (Å²) < 4.78 is 0. The Morgan fingerprint density at radius 1 is 1.37 bits per heavy atom. The van der Waals surface area contributed by atoms with Crippen molar-refractivity contribution in [2.75, 3.05) is 26.2 Å². The predicted molar refractivity (Wildman–Crippen MR) is 78.1 cm³/mol. The number of nitrogens with one attached hydrogen (secondary N) is 2. The molecule has 0 aromatic heterocycles. The van der Waals surface area contributed by atoms with Gasteiger partial charge in [0.15, 0.2) is 0 Å². The Balaban J connectivity index is 1.71. The van der Waals surface area contributed by atoms with E-state index < -0.39 is 0 Å². The number of hydrogen-bond donors (Lipinski definition) is 2. The van der Waals surface area contributed by atoms with Crippen molar-refractivity contribution in [3.63, 3.8) is 0 Å². The van der Waals surface area contributed by atoms with Crippen LogP contribution < -0.4 is 10.6 Å². The van der Waals surface area contributed by atoms with Crippen LogP contribution in [0.25, 0.3) is 0 Å². The molecule has 0 radical (unpaired) electrons. The van der Waals surface area contributed by atoms with Gasteiger partial charge >= 0.3 is 0 Å². The van der Waals surface area contributed by atoms with Gasteiger partial charge in [-0.15, -0.1) is 0 Å². The molecule has 1 saturated carbocycles. The van der Waals surface area contributed by atoms with Crippen molar-refractivity contribution in [2.24, 2.45) is 5.92 Å². The second kappa shape index (κ2) is 7.25. The highest BCUT2D eigenvalue weighted by molar-refractivity contribution is 5.76. The first-order valence-corrected chi connectivity index (χ1v) is 7.89. The maximum absolute atomic E-state index is 11.7. The van der Waals surface area contributed by atoms with Gasteiger partial charge in [0.1, 0.15) is 0 Å². The highest BCUT2D eigenvalue weighted by Gasteiger charge is 2.30. The Morgan fingerprint density at radius 2 is 2.16 bits per heavy atom. The highest BCUT2D eigenvalue weighted by Crippen LogP contribution is 2.28. The van der Waals surface area contributed by atoms with Crippen LogP contribution >= 0.6 is 0 Å². The lowest BCUT2D eigenvalue weighted by Crippen LogP contribution is -2.41. The molecular formula is C15H29N3O. The predicted octanol–water partition coefficient (Wildman–Crippen LogP) is 1.37. The molecule has 110 valence electrons. The quantitative estimate of drug-likeness (QED) is 0.732. The van der Waals surface area contributed by atoms with Crippen LogP contribution in [0.3, 0.4) is 0 Å². The van der Waals surface area contributed by atoms with Gasteiger partial charge < -0.3 is 10.6 Å². The number of nitrogens with zero attached hydrogens (tertiary/aromatic N) is 1. The number of carbonyl (C=O) groups is 1. The molecule has 1 unspecified atom stereocenters. The summed E-state index contributed by atoms with van der Waals surface area (Å²) in [6, 6.07) is 1.01. The van der Waals surface area contributed by atoms with Gasteiger partial charge in [0.25, 0.3) is 0 Å². The molecule has 1 atom stereocenters. The summed E-state index contributed by atoms with van der Waals surface area (Å²) in [5.74, 6) is 0.977. The lowest BCUT2D eigenvalue weighted by Gasteiger charge is -2.30. The van der Waals surface area contributed by atoms with Gasteiger partial charge in [-0.05, 0) is 58.5 Å². The number of rotatable bonds is 7. The van der Waals surface area contributed by atoms with E-state index in [2.05, 4.69) is 15.5 Å². The SMILES string of the molecule is CC(C)NC(=O)CCN(CC1CCCNC1)C1CC1. The zero-order valence-corrected chi connectivity index (χ0v) is 12.5. The minimum Gasteiger partial charge on any atom is -0.354 e. The van der Waals surface area contributed by atoms with E-state index in [4.69, 9.17) is 0 Å². The van der Waals surface area contributed by atoms with Crippen LogP contribution in [0.15, 0.2) is 0 Å². The van der Waals surface area contributed by atoms with Crippen LogP contribution in [0.1, 0.15) is 46.0 Å². The number of piperidine rings is 1. The monoisotopic (exact) mass is 267 g/mol. The number of amides is 1. The van der Waals surface area contributed by atoms with E-state index >= 15 is 0 Å². The molecule has 2 aliphatic rings. The van der Waals surface area contributed by atoms with E-state index in [9.17, 15) is 4.79 Å². The van der Waals surface area contributed by atoms with Crippen molar-refractivity contribution in [1.82, 2.24) is 15.5 Å². The molecular weight excluding hydrogens is 238 g/mol. The van der Waals surface area contributed by atoms with E-state index in [0.717, 1.165) is 25.0 Å².